The van der Waals surface area contributed by atoms with E-state index >= 15 is 0 Å². The standard InChI is InChI=1S/C5H9Cl2O5P/c1-10-4(8)5(6,11-2)13(7,9)12-3/h1-3H3. The second kappa shape index (κ2) is 4.62. The molecule has 0 bridgehead atoms. The van der Waals surface area contributed by atoms with Gasteiger partial charge in [-0.15, -0.1) is 0 Å². The molecule has 0 saturated carbocycles. The van der Waals surface area contributed by atoms with Gasteiger partial charge in [0.15, 0.2) is 0 Å². The summed E-state index contributed by atoms with van der Waals surface area (Å²) in [5.74, 6) is -1.07. The van der Waals surface area contributed by atoms with Crippen molar-refractivity contribution in [1.29, 1.82) is 0 Å². The monoisotopic (exact) mass is 250 g/mol. The Morgan fingerprint density at radius 3 is 2.08 bits per heavy atom. The van der Waals surface area contributed by atoms with Crippen molar-refractivity contribution in [3.8, 4) is 0 Å². The second-order valence-electron chi connectivity index (χ2n) is 1.92. The van der Waals surface area contributed by atoms with Crippen molar-refractivity contribution in [3.05, 3.63) is 0 Å². The molecule has 0 rings (SSSR count). The van der Waals surface area contributed by atoms with Crippen LogP contribution in [0.5, 0.6) is 0 Å². The van der Waals surface area contributed by atoms with Crippen LogP contribution in [0.2, 0.25) is 0 Å². The third-order valence-electron chi connectivity index (χ3n) is 1.29. The molecule has 8 heteroatoms. The normalized spacial score (nSPS) is 20.1. The molecule has 0 N–H and O–H groups in total. The molecule has 2 unspecified atom stereocenters. The highest BCUT2D eigenvalue weighted by molar-refractivity contribution is 7.88. The Hall–Kier alpha value is 0.200. The first-order chi connectivity index (χ1) is 5.85. The highest BCUT2D eigenvalue weighted by Gasteiger charge is 2.55. The van der Waals surface area contributed by atoms with Gasteiger partial charge in [0.25, 0.3) is 0 Å². The molecule has 78 valence electrons. The molecule has 0 aromatic heterocycles. The quantitative estimate of drug-likeness (QED) is 0.433. The van der Waals surface area contributed by atoms with Crippen molar-refractivity contribution < 1.29 is 23.4 Å². The van der Waals surface area contributed by atoms with Crippen LogP contribution in [0.25, 0.3) is 0 Å². The van der Waals surface area contributed by atoms with Gasteiger partial charge in [-0.3, -0.25) is 4.57 Å². The number of alkyl halides is 1. The zero-order chi connectivity index (χ0) is 10.7. The van der Waals surface area contributed by atoms with Gasteiger partial charge in [-0.05, 0) is 11.2 Å². The van der Waals surface area contributed by atoms with Gasteiger partial charge in [-0.2, -0.15) is 0 Å². The Bertz CT molecular complexity index is 245. The summed E-state index contributed by atoms with van der Waals surface area (Å²) in [6, 6.07) is 0. The van der Waals surface area contributed by atoms with Crippen LogP contribution >= 0.6 is 29.6 Å². The molecule has 0 saturated heterocycles. The van der Waals surface area contributed by atoms with Crippen molar-refractivity contribution in [2.75, 3.05) is 21.3 Å². The zero-order valence-corrected chi connectivity index (χ0v) is 9.65. The van der Waals surface area contributed by atoms with Crippen LogP contribution < -0.4 is 0 Å². The Morgan fingerprint density at radius 2 is 1.85 bits per heavy atom. The van der Waals surface area contributed by atoms with E-state index in [9.17, 15) is 9.36 Å². The van der Waals surface area contributed by atoms with Crippen molar-refractivity contribution in [1.82, 2.24) is 0 Å². The highest BCUT2D eigenvalue weighted by atomic mass is 35.7. The lowest BCUT2D eigenvalue weighted by Gasteiger charge is -2.24. The summed E-state index contributed by atoms with van der Waals surface area (Å²) in [4.78, 5) is 8.76. The third-order valence-corrected chi connectivity index (χ3v) is 5.17. The number of ether oxygens (including phenoxy) is 2. The maximum Gasteiger partial charge on any atom is 0.366 e. The number of carbonyl (C=O) groups is 1. The van der Waals surface area contributed by atoms with Gasteiger partial charge in [0.05, 0.1) is 7.11 Å². The molecular weight excluding hydrogens is 242 g/mol. The molecule has 5 nitrogen and oxygen atoms in total. The minimum atomic E-state index is -3.93. The first kappa shape index (κ1) is 13.2. The maximum absolute atomic E-state index is 11.4. The maximum atomic E-state index is 11.4. The van der Waals surface area contributed by atoms with Gasteiger partial charge >= 0.3 is 17.5 Å². The first-order valence-corrected chi connectivity index (χ1v) is 5.94. The van der Waals surface area contributed by atoms with Gasteiger partial charge in [-0.1, -0.05) is 11.6 Å². The predicted molar refractivity (Wildman–Crippen MR) is 48.1 cm³/mol. The van der Waals surface area contributed by atoms with Crippen LogP contribution in [0.1, 0.15) is 0 Å². The molecule has 0 aliphatic rings. The summed E-state index contributed by atoms with van der Waals surface area (Å²) < 4.78 is 24.6. The van der Waals surface area contributed by atoms with E-state index < -0.39 is 17.5 Å². The summed E-state index contributed by atoms with van der Waals surface area (Å²) in [5, 5.41) is 0. The van der Waals surface area contributed by atoms with Crippen LogP contribution in [0, 0.1) is 0 Å². The number of carbonyl (C=O) groups excluding carboxylic acids is 1. The van der Waals surface area contributed by atoms with Gasteiger partial charge in [0, 0.05) is 14.2 Å². The fraction of sp³-hybridized carbons (Fsp3) is 0.800. The van der Waals surface area contributed by atoms with E-state index in [1.54, 1.807) is 0 Å². The Labute approximate surface area is 85.5 Å². The topological polar surface area (TPSA) is 61.8 Å². The van der Waals surface area contributed by atoms with Crippen molar-refractivity contribution in [3.63, 3.8) is 0 Å². The minimum Gasteiger partial charge on any atom is -0.465 e. The number of halogens is 2. The van der Waals surface area contributed by atoms with Crippen molar-refractivity contribution in [2.45, 2.75) is 4.80 Å². The number of esters is 1. The Morgan fingerprint density at radius 1 is 1.38 bits per heavy atom. The largest absolute Gasteiger partial charge is 0.465 e. The fourth-order valence-electron chi connectivity index (χ4n) is 0.545. The molecule has 13 heavy (non-hydrogen) atoms. The lowest BCUT2D eigenvalue weighted by atomic mass is 10.7. The summed E-state index contributed by atoms with van der Waals surface area (Å²) in [7, 11) is 3.18. The van der Waals surface area contributed by atoms with Gasteiger partial charge in [0.1, 0.15) is 0 Å². The fourth-order valence-corrected chi connectivity index (χ4v) is 2.01. The van der Waals surface area contributed by atoms with E-state index in [-0.39, 0.29) is 0 Å². The average Bonchev–Trinajstić information content (AvgIpc) is 2.14. The van der Waals surface area contributed by atoms with Crippen molar-refractivity contribution in [2.24, 2.45) is 0 Å². The Balaban J connectivity index is 5.05. The third kappa shape index (κ3) is 2.36. The molecule has 0 fully saturated rings. The summed E-state index contributed by atoms with van der Waals surface area (Å²) >= 11 is 10.9. The number of methoxy groups -OCH3 is 2. The lowest BCUT2D eigenvalue weighted by Crippen LogP contribution is -2.34. The van der Waals surface area contributed by atoms with Crippen LogP contribution in [0.3, 0.4) is 0 Å². The van der Waals surface area contributed by atoms with Gasteiger partial charge in [0.2, 0.25) is 0 Å². The van der Waals surface area contributed by atoms with Crippen LogP contribution in [0.4, 0.5) is 0 Å². The first-order valence-electron chi connectivity index (χ1n) is 3.03. The molecule has 0 aromatic rings. The van der Waals surface area contributed by atoms with E-state index in [1.807, 2.05) is 0 Å². The molecule has 0 radical (unpaired) electrons. The van der Waals surface area contributed by atoms with Gasteiger partial charge < -0.3 is 14.0 Å². The number of hydrogen-bond acceptors (Lipinski definition) is 5. The smallest absolute Gasteiger partial charge is 0.366 e. The van der Waals surface area contributed by atoms with Crippen LogP contribution in [0.15, 0.2) is 0 Å². The average molecular weight is 251 g/mol. The minimum absolute atomic E-state index is 1.05. The van der Waals surface area contributed by atoms with Crippen LogP contribution in [-0.4, -0.2) is 32.1 Å². The van der Waals surface area contributed by atoms with Crippen LogP contribution in [-0.2, 0) is 23.4 Å². The van der Waals surface area contributed by atoms with E-state index in [1.165, 1.54) is 0 Å². The second-order valence-corrected chi connectivity index (χ2v) is 6.00. The van der Waals surface area contributed by atoms with Crippen molar-refractivity contribution >= 4 is 35.5 Å². The zero-order valence-electron chi connectivity index (χ0n) is 7.24. The van der Waals surface area contributed by atoms with E-state index in [2.05, 4.69) is 14.0 Å². The highest BCUT2D eigenvalue weighted by Crippen LogP contribution is 2.65. The summed E-state index contributed by atoms with van der Waals surface area (Å²) in [6.45, 7) is -3.93. The van der Waals surface area contributed by atoms with Gasteiger partial charge in [-0.25, -0.2) is 4.79 Å². The molecular formula is C5H9Cl2O5P. The molecule has 0 aliphatic carbocycles. The molecule has 2 atom stereocenters. The summed E-state index contributed by atoms with van der Waals surface area (Å²) in [5.41, 5.74) is 0. The number of hydrogen-bond donors (Lipinski definition) is 0. The van der Waals surface area contributed by atoms with E-state index in [0.29, 0.717) is 0 Å². The Kier molecular flexibility index (Phi) is 4.69. The molecule has 0 spiro atoms. The predicted octanol–water partition coefficient (Wildman–Crippen LogP) is 1.78. The lowest BCUT2D eigenvalue weighted by molar-refractivity contribution is -0.150. The SMILES string of the molecule is COC(=O)C(Cl)(OC)P(=O)(Cl)OC. The molecule has 0 amide bonds. The van der Waals surface area contributed by atoms with E-state index in [0.717, 1.165) is 21.3 Å². The molecule has 0 aromatic carbocycles. The number of rotatable bonds is 4. The molecule has 0 heterocycles. The van der Waals surface area contributed by atoms with E-state index in [4.69, 9.17) is 22.8 Å². The molecule has 0 aliphatic heterocycles. The summed E-state index contributed by atoms with van der Waals surface area (Å²) in [6.07, 6.45) is 0.